The third-order valence-corrected chi connectivity index (χ3v) is 6.80. The molecule has 0 amide bonds. The Labute approximate surface area is 209 Å². The number of nitrogens with zero attached hydrogens (tertiary/aromatic N) is 2. The molecule has 2 heterocycles. The molecule has 6 nitrogen and oxygen atoms in total. The molecule has 0 saturated heterocycles. The van der Waals surface area contributed by atoms with Crippen LogP contribution in [0.25, 0.3) is 6.08 Å². The van der Waals surface area contributed by atoms with Crippen molar-refractivity contribution in [3.05, 3.63) is 107 Å². The zero-order valence-corrected chi connectivity index (χ0v) is 20.7. The van der Waals surface area contributed by atoms with Gasteiger partial charge in [0.1, 0.15) is 12.4 Å². The molecule has 34 heavy (non-hydrogen) atoms. The van der Waals surface area contributed by atoms with Gasteiger partial charge in [0.05, 0.1) is 29.0 Å². The van der Waals surface area contributed by atoms with Crippen molar-refractivity contribution < 1.29 is 14.3 Å². The number of methoxy groups -OCH3 is 1. The normalized spacial score (nSPS) is 15.5. The van der Waals surface area contributed by atoms with E-state index < -0.39 is 12.0 Å². The summed E-state index contributed by atoms with van der Waals surface area (Å²) in [4.78, 5) is 31.6. The summed E-state index contributed by atoms with van der Waals surface area (Å²) in [6.45, 7) is 5.37. The number of aromatic nitrogens is 1. The van der Waals surface area contributed by atoms with Crippen LogP contribution >= 0.6 is 34.5 Å². The molecule has 1 aliphatic rings. The second-order valence-corrected chi connectivity index (χ2v) is 9.26. The van der Waals surface area contributed by atoms with Crippen LogP contribution in [-0.4, -0.2) is 24.3 Å². The number of fused-ring (bicyclic) bond motifs is 1. The SMILES string of the molecule is C=CCOC(=O)C1=C(C)N=c2s/c(=C/c3ccc(Cl)cc3Cl)c(=O)n2[C@@H]1c1ccc(OC)cc1. The lowest BCUT2D eigenvalue weighted by molar-refractivity contribution is -0.138. The van der Waals surface area contributed by atoms with Crippen molar-refractivity contribution in [1.82, 2.24) is 4.57 Å². The van der Waals surface area contributed by atoms with Crippen molar-refractivity contribution in [2.24, 2.45) is 4.99 Å². The minimum Gasteiger partial charge on any atom is -0.497 e. The van der Waals surface area contributed by atoms with Gasteiger partial charge in [-0.2, -0.15) is 0 Å². The average molecular weight is 515 g/mol. The Kier molecular flexibility index (Phi) is 7.07. The first-order valence-electron chi connectivity index (χ1n) is 10.2. The minimum atomic E-state index is -0.720. The van der Waals surface area contributed by atoms with Crippen molar-refractivity contribution in [3.8, 4) is 5.75 Å². The molecule has 0 unspecified atom stereocenters. The number of esters is 1. The first-order chi connectivity index (χ1) is 16.3. The molecule has 0 aliphatic carbocycles. The Balaban J connectivity index is 1.93. The van der Waals surface area contributed by atoms with Gasteiger partial charge in [-0.3, -0.25) is 9.36 Å². The monoisotopic (exact) mass is 514 g/mol. The smallest absolute Gasteiger partial charge is 0.338 e. The highest BCUT2D eigenvalue weighted by atomic mass is 35.5. The van der Waals surface area contributed by atoms with Crippen LogP contribution in [0.5, 0.6) is 5.75 Å². The number of hydrogen-bond donors (Lipinski definition) is 0. The predicted molar refractivity (Wildman–Crippen MR) is 134 cm³/mol. The van der Waals surface area contributed by atoms with Crippen molar-refractivity contribution in [2.75, 3.05) is 13.7 Å². The van der Waals surface area contributed by atoms with Gasteiger partial charge in [0, 0.05) is 10.0 Å². The van der Waals surface area contributed by atoms with E-state index in [2.05, 4.69) is 11.6 Å². The van der Waals surface area contributed by atoms with Gasteiger partial charge in [0.2, 0.25) is 0 Å². The average Bonchev–Trinajstić information content (AvgIpc) is 3.13. The van der Waals surface area contributed by atoms with Gasteiger partial charge in [-0.1, -0.05) is 65.4 Å². The van der Waals surface area contributed by atoms with Crippen LogP contribution in [-0.2, 0) is 9.53 Å². The van der Waals surface area contributed by atoms with Crippen LogP contribution in [0, 0.1) is 0 Å². The van der Waals surface area contributed by atoms with Gasteiger partial charge in [0.25, 0.3) is 5.56 Å². The van der Waals surface area contributed by atoms with Crippen LogP contribution in [0.4, 0.5) is 0 Å². The third kappa shape index (κ3) is 4.59. The van der Waals surface area contributed by atoms with Crippen LogP contribution in [0.2, 0.25) is 10.0 Å². The number of benzene rings is 2. The Morgan fingerprint density at radius 2 is 1.97 bits per heavy atom. The quantitative estimate of drug-likeness (QED) is 0.363. The topological polar surface area (TPSA) is 69.9 Å². The van der Waals surface area contributed by atoms with Crippen LogP contribution in [0.3, 0.4) is 0 Å². The first kappa shape index (κ1) is 24.0. The Bertz CT molecular complexity index is 1490. The highest BCUT2D eigenvalue weighted by Gasteiger charge is 2.33. The summed E-state index contributed by atoms with van der Waals surface area (Å²) >= 11 is 13.5. The van der Waals surface area contributed by atoms with E-state index in [9.17, 15) is 9.59 Å². The molecule has 0 fully saturated rings. The summed E-state index contributed by atoms with van der Waals surface area (Å²) in [5, 5.41) is 0.927. The summed E-state index contributed by atoms with van der Waals surface area (Å²) in [6.07, 6.45) is 3.18. The molecule has 174 valence electrons. The summed E-state index contributed by atoms with van der Waals surface area (Å²) in [6, 6.07) is 11.5. The predicted octanol–water partition coefficient (Wildman–Crippen LogP) is 4.28. The van der Waals surface area contributed by atoms with Crippen molar-refractivity contribution in [2.45, 2.75) is 13.0 Å². The lowest BCUT2D eigenvalue weighted by atomic mass is 9.96. The van der Waals surface area contributed by atoms with E-state index in [1.165, 1.54) is 22.0 Å². The Morgan fingerprint density at radius 3 is 2.62 bits per heavy atom. The van der Waals surface area contributed by atoms with Crippen molar-refractivity contribution in [1.29, 1.82) is 0 Å². The number of ether oxygens (including phenoxy) is 2. The second kappa shape index (κ2) is 10.0. The molecule has 1 aromatic heterocycles. The highest BCUT2D eigenvalue weighted by Crippen LogP contribution is 2.31. The number of carbonyl (C=O) groups excluding carboxylic acids is 1. The molecule has 9 heteroatoms. The number of allylic oxidation sites excluding steroid dienone is 1. The molecule has 0 saturated carbocycles. The summed E-state index contributed by atoms with van der Waals surface area (Å²) < 4.78 is 12.5. The maximum Gasteiger partial charge on any atom is 0.338 e. The standard InChI is InChI=1S/C25H20Cl2N2O4S/c1-4-11-33-24(31)21-14(2)28-25-29(22(21)15-6-9-18(32-3)10-7-15)23(30)20(34-25)12-16-5-8-17(26)13-19(16)27/h4-10,12-13,22H,1,11H2,2-3H3/b20-12+/t22-/m1/s1. The number of rotatable bonds is 6. The molecule has 0 N–H and O–H groups in total. The second-order valence-electron chi connectivity index (χ2n) is 7.41. The molecule has 4 rings (SSSR count). The summed E-state index contributed by atoms with van der Waals surface area (Å²) in [5.74, 6) is 0.0991. The molecular formula is C25H20Cl2N2O4S. The molecule has 1 atom stereocenters. The molecule has 0 radical (unpaired) electrons. The van der Waals surface area contributed by atoms with Gasteiger partial charge < -0.3 is 9.47 Å². The largest absolute Gasteiger partial charge is 0.497 e. The number of thiazole rings is 1. The van der Waals surface area contributed by atoms with E-state index in [4.69, 9.17) is 32.7 Å². The van der Waals surface area contributed by atoms with Crippen molar-refractivity contribution >= 4 is 46.6 Å². The van der Waals surface area contributed by atoms with E-state index in [-0.39, 0.29) is 17.7 Å². The van der Waals surface area contributed by atoms with E-state index in [1.54, 1.807) is 50.4 Å². The van der Waals surface area contributed by atoms with Crippen LogP contribution in [0.15, 0.2) is 76.2 Å². The fraction of sp³-hybridized carbons (Fsp3) is 0.160. The lowest BCUT2D eigenvalue weighted by Crippen LogP contribution is -2.39. The van der Waals surface area contributed by atoms with Crippen LogP contribution < -0.4 is 19.6 Å². The van der Waals surface area contributed by atoms with Gasteiger partial charge in [0.15, 0.2) is 4.80 Å². The van der Waals surface area contributed by atoms with E-state index in [1.807, 2.05) is 12.1 Å². The molecule has 0 bridgehead atoms. The van der Waals surface area contributed by atoms with Gasteiger partial charge in [-0.25, -0.2) is 9.79 Å². The number of hydrogen-bond acceptors (Lipinski definition) is 6. The van der Waals surface area contributed by atoms with Crippen LogP contribution in [0.1, 0.15) is 24.1 Å². The lowest BCUT2D eigenvalue weighted by Gasteiger charge is -2.24. The van der Waals surface area contributed by atoms with Gasteiger partial charge in [-0.15, -0.1) is 0 Å². The molecule has 1 aliphatic heterocycles. The molecule has 2 aromatic carbocycles. The van der Waals surface area contributed by atoms with Gasteiger partial charge in [-0.05, 0) is 48.4 Å². The molecular weight excluding hydrogens is 495 g/mol. The summed E-state index contributed by atoms with van der Waals surface area (Å²) in [7, 11) is 1.57. The maximum atomic E-state index is 13.6. The zero-order valence-electron chi connectivity index (χ0n) is 18.4. The minimum absolute atomic E-state index is 0.0461. The number of halogens is 2. The molecule has 0 spiro atoms. The van der Waals surface area contributed by atoms with Gasteiger partial charge >= 0.3 is 5.97 Å². The maximum absolute atomic E-state index is 13.6. The number of carbonyl (C=O) groups is 1. The third-order valence-electron chi connectivity index (χ3n) is 5.25. The zero-order chi connectivity index (χ0) is 24.4. The van der Waals surface area contributed by atoms with Crippen molar-refractivity contribution in [3.63, 3.8) is 0 Å². The first-order valence-corrected chi connectivity index (χ1v) is 11.8. The fourth-order valence-electron chi connectivity index (χ4n) is 3.66. The highest BCUT2D eigenvalue weighted by molar-refractivity contribution is 7.07. The summed E-state index contributed by atoms with van der Waals surface area (Å²) in [5.41, 5.74) is 1.84. The van der Waals surface area contributed by atoms with E-state index in [0.29, 0.717) is 36.4 Å². The fourth-order valence-corrected chi connectivity index (χ4v) is 5.16. The van der Waals surface area contributed by atoms with E-state index >= 15 is 0 Å². The Morgan fingerprint density at radius 1 is 1.24 bits per heavy atom. The molecule has 3 aromatic rings. The van der Waals surface area contributed by atoms with E-state index in [0.717, 1.165) is 5.56 Å². The Hall–Kier alpha value is -3.13.